The number of rotatable bonds is 5. The van der Waals surface area contributed by atoms with E-state index in [0.717, 1.165) is 0 Å². The SMILES string of the molecule is COCCn1cc(C#N)c(NC(C)=O)c1C(=O)O. The van der Waals surface area contributed by atoms with Gasteiger partial charge in [-0.05, 0) is 0 Å². The van der Waals surface area contributed by atoms with Crippen molar-refractivity contribution in [3.8, 4) is 6.07 Å². The molecular formula is C11H13N3O4. The number of aromatic carboxylic acids is 1. The number of amides is 1. The number of nitrogens with one attached hydrogen (secondary N) is 1. The molecule has 0 spiro atoms. The Bertz CT molecular complexity index is 513. The quantitative estimate of drug-likeness (QED) is 0.800. The largest absolute Gasteiger partial charge is 0.477 e. The molecule has 1 rings (SSSR count). The predicted molar refractivity (Wildman–Crippen MR) is 62.3 cm³/mol. The van der Waals surface area contributed by atoms with E-state index in [9.17, 15) is 9.59 Å². The molecule has 0 unspecified atom stereocenters. The van der Waals surface area contributed by atoms with Crippen molar-refractivity contribution in [1.29, 1.82) is 5.26 Å². The summed E-state index contributed by atoms with van der Waals surface area (Å²) in [6.45, 7) is 1.84. The van der Waals surface area contributed by atoms with Crippen LogP contribution in [-0.2, 0) is 16.1 Å². The van der Waals surface area contributed by atoms with Gasteiger partial charge in [-0.3, -0.25) is 4.79 Å². The van der Waals surface area contributed by atoms with Gasteiger partial charge in [0.25, 0.3) is 0 Å². The van der Waals surface area contributed by atoms with Crippen molar-refractivity contribution >= 4 is 17.6 Å². The fourth-order valence-electron chi connectivity index (χ4n) is 1.54. The summed E-state index contributed by atoms with van der Waals surface area (Å²) in [5.41, 5.74) is 0.00565. The first-order valence-electron chi connectivity index (χ1n) is 5.14. The number of aromatic nitrogens is 1. The third kappa shape index (κ3) is 2.87. The molecule has 18 heavy (non-hydrogen) atoms. The van der Waals surface area contributed by atoms with Gasteiger partial charge in [0.15, 0.2) is 5.69 Å². The minimum atomic E-state index is -1.21. The van der Waals surface area contributed by atoms with Crippen LogP contribution in [-0.4, -0.2) is 35.3 Å². The molecule has 1 aromatic rings. The summed E-state index contributed by atoms with van der Waals surface area (Å²) in [6.07, 6.45) is 1.38. The van der Waals surface area contributed by atoms with Crippen molar-refractivity contribution in [3.63, 3.8) is 0 Å². The summed E-state index contributed by atoms with van der Waals surface area (Å²) in [7, 11) is 1.49. The van der Waals surface area contributed by atoms with Gasteiger partial charge in [0.1, 0.15) is 6.07 Å². The van der Waals surface area contributed by atoms with E-state index >= 15 is 0 Å². The Hall–Kier alpha value is -2.33. The Balaban J connectivity index is 3.28. The lowest BCUT2D eigenvalue weighted by atomic mass is 10.2. The highest BCUT2D eigenvalue weighted by Crippen LogP contribution is 2.23. The molecule has 0 aliphatic rings. The lowest BCUT2D eigenvalue weighted by molar-refractivity contribution is -0.114. The molecule has 0 fully saturated rings. The number of methoxy groups -OCH3 is 1. The Labute approximate surface area is 104 Å². The number of carboxylic acid groups (broad SMARTS) is 1. The van der Waals surface area contributed by atoms with Crippen LogP contribution in [0.5, 0.6) is 0 Å². The maximum absolute atomic E-state index is 11.2. The number of anilines is 1. The van der Waals surface area contributed by atoms with E-state index < -0.39 is 11.9 Å². The number of hydrogen-bond donors (Lipinski definition) is 2. The molecule has 7 nitrogen and oxygen atoms in total. The summed E-state index contributed by atoms with van der Waals surface area (Å²) in [6, 6.07) is 1.85. The molecule has 0 bridgehead atoms. The van der Waals surface area contributed by atoms with E-state index in [-0.39, 0.29) is 23.5 Å². The van der Waals surface area contributed by atoms with Crippen LogP contribution < -0.4 is 5.32 Å². The Morgan fingerprint density at radius 2 is 2.28 bits per heavy atom. The van der Waals surface area contributed by atoms with Crippen LogP contribution in [0, 0.1) is 11.3 Å². The highest BCUT2D eigenvalue weighted by atomic mass is 16.5. The number of carboxylic acids is 1. The van der Waals surface area contributed by atoms with Gasteiger partial charge >= 0.3 is 5.97 Å². The molecule has 0 atom stereocenters. The van der Waals surface area contributed by atoms with Gasteiger partial charge in [0.05, 0.1) is 17.9 Å². The van der Waals surface area contributed by atoms with E-state index in [4.69, 9.17) is 15.1 Å². The van der Waals surface area contributed by atoms with Gasteiger partial charge in [-0.1, -0.05) is 0 Å². The second-order valence-electron chi connectivity index (χ2n) is 3.55. The minimum absolute atomic E-state index is 0.0219. The summed E-state index contributed by atoms with van der Waals surface area (Å²) in [5.74, 6) is -1.64. The van der Waals surface area contributed by atoms with Gasteiger partial charge in [0, 0.05) is 26.8 Å². The zero-order valence-electron chi connectivity index (χ0n) is 10.1. The molecule has 7 heteroatoms. The molecule has 96 valence electrons. The zero-order valence-corrected chi connectivity index (χ0v) is 10.1. The Kier molecular flexibility index (Phi) is 4.45. The summed E-state index contributed by atoms with van der Waals surface area (Å²) in [4.78, 5) is 22.2. The van der Waals surface area contributed by atoms with Gasteiger partial charge in [0.2, 0.25) is 5.91 Å². The molecule has 0 aromatic carbocycles. The highest BCUT2D eigenvalue weighted by molar-refractivity contribution is 6.00. The van der Waals surface area contributed by atoms with Crippen molar-refractivity contribution < 1.29 is 19.4 Å². The molecule has 0 radical (unpaired) electrons. The lowest BCUT2D eigenvalue weighted by Gasteiger charge is -2.07. The topological polar surface area (TPSA) is 104 Å². The van der Waals surface area contributed by atoms with Crippen molar-refractivity contribution in [3.05, 3.63) is 17.5 Å². The molecule has 0 aliphatic heterocycles. The van der Waals surface area contributed by atoms with Crippen LogP contribution >= 0.6 is 0 Å². The zero-order chi connectivity index (χ0) is 13.7. The van der Waals surface area contributed by atoms with E-state index in [1.807, 2.05) is 6.07 Å². The molecule has 1 heterocycles. The van der Waals surface area contributed by atoms with Gasteiger partial charge in [-0.2, -0.15) is 5.26 Å². The van der Waals surface area contributed by atoms with Crippen LogP contribution in [0.2, 0.25) is 0 Å². The average molecular weight is 251 g/mol. The molecule has 0 saturated carbocycles. The first kappa shape index (κ1) is 13.7. The second-order valence-corrected chi connectivity index (χ2v) is 3.55. The maximum Gasteiger partial charge on any atom is 0.354 e. The van der Waals surface area contributed by atoms with E-state index in [2.05, 4.69) is 5.32 Å². The monoisotopic (exact) mass is 251 g/mol. The van der Waals surface area contributed by atoms with E-state index in [1.54, 1.807) is 0 Å². The van der Waals surface area contributed by atoms with Crippen LogP contribution in [0.3, 0.4) is 0 Å². The average Bonchev–Trinajstić information content (AvgIpc) is 2.63. The number of ether oxygens (including phenoxy) is 1. The molecule has 1 amide bonds. The van der Waals surface area contributed by atoms with E-state index in [1.165, 1.54) is 24.8 Å². The predicted octanol–water partition coefficient (Wildman–Crippen LogP) is 0.663. The molecular weight excluding hydrogens is 238 g/mol. The first-order chi connectivity index (χ1) is 8.51. The Morgan fingerprint density at radius 1 is 1.61 bits per heavy atom. The molecule has 0 aliphatic carbocycles. The number of nitriles is 1. The normalized spacial score (nSPS) is 9.83. The molecule has 2 N–H and O–H groups in total. The highest BCUT2D eigenvalue weighted by Gasteiger charge is 2.22. The Morgan fingerprint density at radius 3 is 2.72 bits per heavy atom. The minimum Gasteiger partial charge on any atom is -0.477 e. The number of hydrogen-bond acceptors (Lipinski definition) is 4. The lowest BCUT2D eigenvalue weighted by Crippen LogP contribution is -2.15. The van der Waals surface area contributed by atoms with Crippen LogP contribution in [0.25, 0.3) is 0 Å². The van der Waals surface area contributed by atoms with Crippen molar-refractivity contribution in [1.82, 2.24) is 4.57 Å². The number of nitrogens with zero attached hydrogens (tertiary/aromatic N) is 2. The summed E-state index contributed by atoms with van der Waals surface area (Å²) >= 11 is 0. The van der Waals surface area contributed by atoms with Crippen LogP contribution in [0.4, 0.5) is 5.69 Å². The van der Waals surface area contributed by atoms with Crippen molar-refractivity contribution in [2.45, 2.75) is 13.5 Å². The smallest absolute Gasteiger partial charge is 0.354 e. The maximum atomic E-state index is 11.2. The van der Waals surface area contributed by atoms with Gasteiger partial charge in [-0.25, -0.2) is 4.79 Å². The summed E-state index contributed by atoms with van der Waals surface area (Å²) < 4.78 is 6.23. The fourth-order valence-corrected chi connectivity index (χ4v) is 1.54. The van der Waals surface area contributed by atoms with Crippen molar-refractivity contribution in [2.24, 2.45) is 0 Å². The molecule has 1 aromatic heterocycles. The summed E-state index contributed by atoms with van der Waals surface area (Å²) in [5, 5.41) is 20.4. The van der Waals surface area contributed by atoms with E-state index in [0.29, 0.717) is 6.61 Å². The van der Waals surface area contributed by atoms with Gasteiger partial charge in [-0.15, -0.1) is 0 Å². The fraction of sp³-hybridized carbons (Fsp3) is 0.364. The van der Waals surface area contributed by atoms with Crippen LogP contribution in [0.15, 0.2) is 6.20 Å². The first-order valence-corrected chi connectivity index (χ1v) is 5.14. The van der Waals surface area contributed by atoms with Crippen molar-refractivity contribution in [2.75, 3.05) is 19.0 Å². The standard InChI is InChI=1S/C11H13N3O4/c1-7(15)13-9-8(5-12)6-14(3-4-18-2)10(9)11(16)17/h6H,3-4H2,1-2H3,(H,13,15)(H,16,17). The molecule has 0 saturated heterocycles. The number of carbonyl (C=O) groups excluding carboxylic acids is 1. The second kappa shape index (κ2) is 5.84. The van der Waals surface area contributed by atoms with Gasteiger partial charge < -0.3 is 19.7 Å². The van der Waals surface area contributed by atoms with Crippen LogP contribution in [0.1, 0.15) is 23.0 Å². The third-order valence-electron chi connectivity index (χ3n) is 2.24. The number of carbonyl (C=O) groups is 2. The third-order valence-corrected chi connectivity index (χ3v) is 2.24.